The lowest BCUT2D eigenvalue weighted by molar-refractivity contribution is -0.133. The Morgan fingerprint density at radius 1 is 1.24 bits per heavy atom. The smallest absolute Gasteiger partial charge is 0.226 e. The van der Waals surface area contributed by atoms with Gasteiger partial charge in [-0.25, -0.2) is 0 Å². The van der Waals surface area contributed by atoms with Crippen molar-refractivity contribution in [1.82, 2.24) is 9.80 Å². The highest BCUT2D eigenvalue weighted by Gasteiger charge is 2.49. The SMILES string of the molecule is C=CCN1CCC2(c3cccc(OC)c3)CC(N(C)C(=O)Cc3ccc(Cl)c(Cl)c3)CCC2C1. The number of ether oxygens (including phenoxy) is 1. The fourth-order valence-corrected chi connectivity index (χ4v) is 6.27. The van der Waals surface area contributed by atoms with Crippen LogP contribution in [-0.4, -0.2) is 55.5 Å². The molecular formula is C28H34Cl2N2O2. The number of halogens is 2. The Morgan fingerprint density at radius 3 is 2.79 bits per heavy atom. The van der Waals surface area contributed by atoms with Crippen LogP contribution >= 0.6 is 23.2 Å². The monoisotopic (exact) mass is 500 g/mol. The maximum atomic E-state index is 13.3. The Kier molecular flexibility index (Phi) is 7.91. The van der Waals surface area contributed by atoms with Crippen LogP contribution in [0.4, 0.5) is 0 Å². The lowest BCUT2D eigenvalue weighted by Gasteiger charge is -2.54. The number of likely N-dealkylation sites (N-methyl/N-ethyl adjacent to an activating group) is 1. The first-order valence-corrected chi connectivity index (χ1v) is 12.8. The molecule has 1 aliphatic carbocycles. The molecule has 1 heterocycles. The summed E-state index contributed by atoms with van der Waals surface area (Å²) in [6.07, 6.45) is 6.48. The molecule has 0 aromatic heterocycles. The van der Waals surface area contributed by atoms with Crippen molar-refractivity contribution >= 4 is 29.1 Å². The zero-order chi connectivity index (χ0) is 24.3. The van der Waals surface area contributed by atoms with E-state index in [1.54, 1.807) is 19.2 Å². The largest absolute Gasteiger partial charge is 0.497 e. The van der Waals surface area contributed by atoms with Gasteiger partial charge in [0.1, 0.15) is 5.75 Å². The quantitative estimate of drug-likeness (QED) is 0.437. The zero-order valence-corrected chi connectivity index (χ0v) is 21.6. The van der Waals surface area contributed by atoms with Gasteiger partial charge in [-0.2, -0.15) is 0 Å². The summed E-state index contributed by atoms with van der Waals surface area (Å²) in [7, 11) is 3.68. The molecule has 0 N–H and O–H groups in total. The van der Waals surface area contributed by atoms with Crippen molar-refractivity contribution in [3.8, 4) is 5.75 Å². The number of methoxy groups -OCH3 is 1. The standard InChI is InChI=1S/C28H34Cl2N2O2/c1-4-13-32-14-12-28(21-6-5-7-24(17-21)34-3)18-23(10-9-22(28)19-32)31(2)27(33)16-20-8-11-25(29)26(30)15-20/h4-8,11,15,17,22-23H,1,9-10,12-14,16,18-19H2,2-3H3. The number of likely N-dealkylation sites (tertiary alicyclic amines) is 1. The normalized spacial score (nSPS) is 24.8. The maximum Gasteiger partial charge on any atom is 0.226 e. The second-order valence-corrected chi connectivity index (χ2v) is 10.6. The molecule has 34 heavy (non-hydrogen) atoms. The molecule has 0 spiro atoms. The Morgan fingerprint density at radius 2 is 2.06 bits per heavy atom. The molecule has 1 saturated carbocycles. The van der Waals surface area contributed by atoms with Crippen molar-refractivity contribution < 1.29 is 9.53 Å². The molecule has 2 aliphatic rings. The summed E-state index contributed by atoms with van der Waals surface area (Å²) < 4.78 is 5.57. The van der Waals surface area contributed by atoms with Gasteiger partial charge < -0.3 is 9.64 Å². The van der Waals surface area contributed by atoms with Crippen LogP contribution in [0.15, 0.2) is 55.1 Å². The maximum absolute atomic E-state index is 13.3. The predicted octanol–water partition coefficient (Wildman–Crippen LogP) is 6.00. The highest BCUT2D eigenvalue weighted by molar-refractivity contribution is 6.42. The van der Waals surface area contributed by atoms with Crippen LogP contribution in [0.2, 0.25) is 10.0 Å². The molecule has 6 heteroatoms. The van der Waals surface area contributed by atoms with E-state index in [9.17, 15) is 4.79 Å². The van der Waals surface area contributed by atoms with Crippen LogP contribution < -0.4 is 4.74 Å². The Hall–Kier alpha value is -2.01. The number of carbonyl (C=O) groups is 1. The van der Waals surface area contributed by atoms with Gasteiger partial charge in [0.25, 0.3) is 0 Å². The Labute approximate surface area is 213 Å². The van der Waals surface area contributed by atoms with E-state index in [1.807, 2.05) is 30.2 Å². The van der Waals surface area contributed by atoms with E-state index < -0.39 is 0 Å². The molecule has 1 amide bonds. The fourth-order valence-electron chi connectivity index (χ4n) is 5.95. The molecule has 0 radical (unpaired) electrons. The van der Waals surface area contributed by atoms with E-state index >= 15 is 0 Å². The number of hydrogen-bond donors (Lipinski definition) is 0. The van der Waals surface area contributed by atoms with Crippen molar-refractivity contribution in [2.75, 3.05) is 33.8 Å². The number of carbonyl (C=O) groups excluding carboxylic acids is 1. The van der Waals surface area contributed by atoms with E-state index in [1.165, 1.54) is 5.56 Å². The number of fused-ring (bicyclic) bond motifs is 1. The lowest BCUT2D eigenvalue weighted by atomic mass is 9.57. The predicted molar refractivity (Wildman–Crippen MR) is 140 cm³/mol. The minimum Gasteiger partial charge on any atom is -0.497 e. The summed E-state index contributed by atoms with van der Waals surface area (Å²) in [5.74, 6) is 1.56. The second kappa shape index (κ2) is 10.7. The average Bonchev–Trinajstić information content (AvgIpc) is 2.85. The highest BCUT2D eigenvalue weighted by atomic mass is 35.5. The number of benzene rings is 2. The molecule has 1 saturated heterocycles. The number of rotatable bonds is 7. The van der Waals surface area contributed by atoms with Crippen LogP contribution in [0.3, 0.4) is 0 Å². The number of amides is 1. The molecule has 182 valence electrons. The molecule has 4 rings (SSSR count). The van der Waals surface area contributed by atoms with Gasteiger partial charge in [-0.3, -0.25) is 9.69 Å². The van der Waals surface area contributed by atoms with Crippen LogP contribution in [0.25, 0.3) is 0 Å². The summed E-state index contributed by atoms with van der Waals surface area (Å²) in [4.78, 5) is 17.7. The molecular weight excluding hydrogens is 467 g/mol. The third-order valence-electron chi connectivity index (χ3n) is 7.89. The summed E-state index contributed by atoms with van der Waals surface area (Å²) in [5.41, 5.74) is 2.26. The Balaban J connectivity index is 1.57. The third kappa shape index (κ3) is 5.15. The second-order valence-electron chi connectivity index (χ2n) is 9.75. The third-order valence-corrected chi connectivity index (χ3v) is 8.63. The van der Waals surface area contributed by atoms with Crippen LogP contribution in [0.1, 0.15) is 36.8 Å². The first-order chi connectivity index (χ1) is 16.4. The van der Waals surface area contributed by atoms with E-state index in [0.717, 1.165) is 56.6 Å². The fraction of sp³-hybridized carbons (Fsp3) is 0.464. The van der Waals surface area contributed by atoms with Crippen molar-refractivity contribution in [3.05, 3.63) is 76.3 Å². The van der Waals surface area contributed by atoms with Crippen molar-refractivity contribution in [2.45, 2.75) is 43.6 Å². The minimum absolute atomic E-state index is 0.0350. The number of hydrogen-bond acceptors (Lipinski definition) is 3. The van der Waals surface area contributed by atoms with Crippen LogP contribution in [0.5, 0.6) is 5.75 Å². The summed E-state index contributed by atoms with van der Waals surface area (Å²) in [6.45, 7) is 6.97. The van der Waals surface area contributed by atoms with E-state index in [4.69, 9.17) is 27.9 Å². The van der Waals surface area contributed by atoms with Crippen molar-refractivity contribution in [2.24, 2.45) is 5.92 Å². The Bertz CT molecular complexity index is 1040. The molecule has 2 fully saturated rings. The topological polar surface area (TPSA) is 32.8 Å². The molecule has 3 atom stereocenters. The lowest BCUT2D eigenvalue weighted by Crippen LogP contribution is -2.56. The van der Waals surface area contributed by atoms with Gasteiger partial charge >= 0.3 is 0 Å². The van der Waals surface area contributed by atoms with Gasteiger partial charge in [-0.1, -0.05) is 47.5 Å². The van der Waals surface area contributed by atoms with Gasteiger partial charge in [0.05, 0.1) is 23.6 Å². The van der Waals surface area contributed by atoms with Gasteiger partial charge in [0.15, 0.2) is 0 Å². The number of nitrogens with zero attached hydrogens (tertiary/aromatic N) is 2. The van der Waals surface area contributed by atoms with E-state index in [2.05, 4.69) is 29.7 Å². The van der Waals surface area contributed by atoms with Gasteiger partial charge in [0, 0.05) is 31.6 Å². The molecule has 2 aromatic carbocycles. The van der Waals surface area contributed by atoms with Crippen molar-refractivity contribution in [3.63, 3.8) is 0 Å². The van der Waals surface area contributed by atoms with Crippen LogP contribution in [0, 0.1) is 5.92 Å². The molecule has 4 nitrogen and oxygen atoms in total. The van der Waals surface area contributed by atoms with E-state index in [0.29, 0.717) is 22.4 Å². The zero-order valence-electron chi connectivity index (χ0n) is 20.1. The molecule has 0 bridgehead atoms. The number of piperidine rings is 1. The first kappa shape index (κ1) is 25.1. The van der Waals surface area contributed by atoms with Gasteiger partial charge in [0.2, 0.25) is 5.91 Å². The molecule has 3 unspecified atom stereocenters. The minimum atomic E-state index is 0.0350. The van der Waals surface area contributed by atoms with Gasteiger partial charge in [-0.15, -0.1) is 6.58 Å². The summed E-state index contributed by atoms with van der Waals surface area (Å²) in [5, 5.41) is 0.992. The van der Waals surface area contributed by atoms with Crippen molar-refractivity contribution in [1.29, 1.82) is 0 Å². The van der Waals surface area contributed by atoms with Crippen LogP contribution in [-0.2, 0) is 16.6 Å². The highest BCUT2D eigenvalue weighted by Crippen LogP contribution is 2.50. The average molecular weight is 501 g/mol. The molecule has 1 aliphatic heterocycles. The molecule has 2 aromatic rings. The first-order valence-electron chi connectivity index (χ1n) is 12.0. The summed E-state index contributed by atoms with van der Waals surface area (Å²) in [6, 6.07) is 14.2. The van der Waals surface area contributed by atoms with E-state index in [-0.39, 0.29) is 17.4 Å². The summed E-state index contributed by atoms with van der Waals surface area (Å²) >= 11 is 12.2. The van der Waals surface area contributed by atoms with Gasteiger partial charge in [-0.05, 0) is 73.5 Å².